The Morgan fingerprint density at radius 2 is 1.73 bits per heavy atom. The maximum Gasteiger partial charge on any atom is 0.178 e. The molecule has 0 aromatic heterocycles. The van der Waals surface area contributed by atoms with E-state index < -0.39 is 9.84 Å². The van der Waals surface area contributed by atoms with Gasteiger partial charge < -0.3 is 0 Å². The Balaban J connectivity index is 3.14. The lowest BCUT2D eigenvalue weighted by molar-refractivity contribution is 0.597. The van der Waals surface area contributed by atoms with Gasteiger partial charge in [-0.1, -0.05) is 25.1 Å². The molecule has 1 aromatic carbocycles. The predicted octanol–water partition coefficient (Wildman–Crippen LogP) is 1.48. The molecule has 0 heterocycles. The number of hydrogen-bond donors (Lipinski definition) is 0. The van der Waals surface area contributed by atoms with Crippen LogP contribution in [0.4, 0.5) is 0 Å². The zero-order valence-electron chi connectivity index (χ0n) is 6.32. The predicted molar refractivity (Wildman–Crippen MR) is 44.2 cm³/mol. The SMILES string of the molecule is CCS(=O)(=O)c1ccccc1. The molecule has 0 spiro atoms. The van der Waals surface area contributed by atoms with E-state index in [1.807, 2.05) is 0 Å². The van der Waals surface area contributed by atoms with Crippen molar-refractivity contribution >= 4 is 9.84 Å². The van der Waals surface area contributed by atoms with Crippen LogP contribution < -0.4 is 0 Å². The summed E-state index contributed by atoms with van der Waals surface area (Å²) < 4.78 is 22.4. The molecule has 0 bridgehead atoms. The molecule has 0 N–H and O–H groups in total. The number of sulfone groups is 1. The van der Waals surface area contributed by atoms with Crippen LogP contribution in [0, 0.1) is 0 Å². The second-order valence-corrected chi connectivity index (χ2v) is 4.49. The lowest BCUT2D eigenvalue weighted by Crippen LogP contribution is -2.02. The highest BCUT2D eigenvalue weighted by Gasteiger charge is 2.08. The first-order valence-corrected chi connectivity index (χ1v) is 5.10. The van der Waals surface area contributed by atoms with Crippen LogP contribution in [0.15, 0.2) is 35.2 Å². The average Bonchev–Trinajstić information content (AvgIpc) is 2.06. The van der Waals surface area contributed by atoms with Crippen LogP contribution in [0.25, 0.3) is 0 Å². The van der Waals surface area contributed by atoms with Crippen molar-refractivity contribution in [2.24, 2.45) is 0 Å². The molecule has 0 fully saturated rings. The summed E-state index contributed by atoms with van der Waals surface area (Å²) in [6.07, 6.45) is 0. The molecule has 3 heteroatoms. The van der Waals surface area contributed by atoms with Crippen LogP contribution in [-0.2, 0) is 9.84 Å². The van der Waals surface area contributed by atoms with E-state index in [2.05, 4.69) is 0 Å². The van der Waals surface area contributed by atoms with Crippen molar-refractivity contribution in [2.45, 2.75) is 11.8 Å². The van der Waals surface area contributed by atoms with Gasteiger partial charge in [-0.2, -0.15) is 0 Å². The molecular weight excluding hydrogens is 160 g/mol. The minimum absolute atomic E-state index is 0.164. The van der Waals surface area contributed by atoms with Gasteiger partial charge in [-0.25, -0.2) is 8.42 Å². The summed E-state index contributed by atoms with van der Waals surface area (Å²) in [6, 6.07) is 8.47. The quantitative estimate of drug-likeness (QED) is 0.673. The summed E-state index contributed by atoms with van der Waals surface area (Å²) in [5.41, 5.74) is 0. The first kappa shape index (κ1) is 8.27. The summed E-state index contributed by atoms with van der Waals surface area (Å²) in [5, 5.41) is 0. The van der Waals surface area contributed by atoms with Crippen molar-refractivity contribution in [3.63, 3.8) is 0 Å². The van der Waals surface area contributed by atoms with Crippen LogP contribution in [0.5, 0.6) is 0 Å². The third kappa shape index (κ3) is 1.80. The highest BCUT2D eigenvalue weighted by molar-refractivity contribution is 7.91. The van der Waals surface area contributed by atoms with E-state index >= 15 is 0 Å². The minimum atomic E-state index is -3.00. The molecule has 11 heavy (non-hydrogen) atoms. The lowest BCUT2D eigenvalue weighted by atomic mass is 10.4. The van der Waals surface area contributed by atoms with Gasteiger partial charge in [-0.15, -0.1) is 0 Å². The Morgan fingerprint density at radius 3 is 2.18 bits per heavy atom. The maximum absolute atomic E-state index is 11.2. The summed E-state index contributed by atoms with van der Waals surface area (Å²) >= 11 is 0. The van der Waals surface area contributed by atoms with Crippen molar-refractivity contribution < 1.29 is 8.42 Å². The zero-order chi connectivity index (χ0) is 8.32. The van der Waals surface area contributed by atoms with E-state index in [1.54, 1.807) is 37.3 Å². The largest absolute Gasteiger partial charge is 0.224 e. The topological polar surface area (TPSA) is 34.1 Å². The van der Waals surface area contributed by atoms with Gasteiger partial charge in [0.2, 0.25) is 0 Å². The molecule has 2 nitrogen and oxygen atoms in total. The molecule has 0 saturated heterocycles. The van der Waals surface area contributed by atoms with Crippen molar-refractivity contribution in [3.05, 3.63) is 30.3 Å². The van der Waals surface area contributed by atoms with Crippen LogP contribution in [0.3, 0.4) is 0 Å². The number of benzene rings is 1. The molecule has 0 radical (unpaired) electrons. The van der Waals surface area contributed by atoms with Crippen molar-refractivity contribution in [1.82, 2.24) is 0 Å². The van der Waals surface area contributed by atoms with Gasteiger partial charge in [-0.05, 0) is 12.1 Å². The fourth-order valence-corrected chi connectivity index (χ4v) is 1.70. The van der Waals surface area contributed by atoms with Gasteiger partial charge >= 0.3 is 0 Å². The summed E-state index contributed by atoms with van der Waals surface area (Å²) in [5.74, 6) is 0.164. The second-order valence-electron chi connectivity index (χ2n) is 2.22. The molecule has 0 aliphatic rings. The van der Waals surface area contributed by atoms with Crippen LogP contribution >= 0.6 is 0 Å². The van der Waals surface area contributed by atoms with Crippen LogP contribution in [-0.4, -0.2) is 14.2 Å². The van der Waals surface area contributed by atoms with Crippen LogP contribution in [0.1, 0.15) is 6.92 Å². The highest BCUT2D eigenvalue weighted by atomic mass is 32.2. The van der Waals surface area contributed by atoms with Crippen LogP contribution in [0.2, 0.25) is 0 Å². The Labute approximate surface area is 66.8 Å². The average molecular weight is 170 g/mol. The van der Waals surface area contributed by atoms with E-state index in [4.69, 9.17) is 0 Å². The lowest BCUT2D eigenvalue weighted by Gasteiger charge is -1.98. The monoisotopic (exact) mass is 170 g/mol. The molecule has 0 aliphatic heterocycles. The van der Waals surface area contributed by atoms with E-state index in [-0.39, 0.29) is 5.75 Å². The Morgan fingerprint density at radius 1 is 1.18 bits per heavy atom. The Kier molecular flexibility index (Phi) is 2.29. The van der Waals surface area contributed by atoms with E-state index in [0.29, 0.717) is 4.90 Å². The molecule has 0 unspecified atom stereocenters. The van der Waals surface area contributed by atoms with Crippen molar-refractivity contribution in [1.29, 1.82) is 0 Å². The van der Waals surface area contributed by atoms with Gasteiger partial charge in [0.15, 0.2) is 9.84 Å². The minimum Gasteiger partial charge on any atom is -0.224 e. The highest BCUT2D eigenvalue weighted by Crippen LogP contribution is 2.08. The molecule has 60 valence electrons. The normalized spacial score (nSPS) is 11.4. The summed E-state index contributed by atoms with van der Waals surface area (Å²) in [6.45, 7) is 1.64. The maximum atomic E-state index is 11.2. The van der Waals surface area contributed by atoms with E-state index in [9.17, 15) is 8.42 Å². The zero-order valence-corrected chi connectivity index (χ0v) is 7.14. The third-order valence-corrected chi connectivity index (χ3v) is 3.23. The second kappa shape index (κ2) is 3.05. The molecule has 0 aliphatic carbocycles. The van der Waals surface area contributed by atoms with Crippen molar-refractivity contribution in [3.8, 4) is 0 Å². The van der Waals surface area contributed by atoms with Gasteiger partial charge in [0.1, 0.15) is 0 Å². The Hall–Kier alpha value is -0.830. The first-order chi connectivity index (χ1) is 5.17. The van der Waals surface area contributed by atoms with E-state index in [1.165, 1.54) is 0 Å². The standard InChI is InChI=1S/C8H10O2S/c1-2-11(9,10)8-6-4-3-5-7-8/h3-7H,2H2,1H3. The van der Waals surface area contributed by atoms with Gasteiger partial charge in [0, 0.05) is 0 Å². The van der Waals surface area contributed by atoms with Crippen molar-refractivity contribution in [2.75, 3.05) is 5.75 Å². The fourth-order valence-electron chi connectivity index (χ4n) is 0.794. The van der Waals surface area contributed by atoms with Gasteiger partial charge in [-0.3, -0.25) is 0 Å². The van der Waals surface area contributed by atoms with Gasteiger partial charge in [0.25, 0.3) is 0 Å². The smallest absolute Gasteiger partial charge is 0.178 e. The summed E-state index contributed by atoms with van der Waals surface area (Å²) in [7, 11) is -3.00. The number of hydrogen-bond acceptors (Lipinski definition) is 2. The van der Waals surface area contributed by atoms with Gasteiger partial charge in [0.05, 0.1) is 10.6 Å². The fraction of sp³-hybridized carbons (Fsp3) is 0.250. The molecule has 1 aromatic rings. The number of rotatable bonds is 2. The molecule has 0 amide bonds. The molecule has 0 saturated carbocycles. The van der Waals surface area contributed by atoms with E-state index in [0.717, 1.165) is 0 Å². The Bertz CT molecular complexity index is 313. The molecule has 1 rings (SSSR count). The molecule has 0 atom stereocenters. The third-order valence-electron chi connectivity index (χ3n) is 1.48. The summed E-state index contributed by atoms with van der Waals surface area (Å²) in [4.78, 5) is 0.405. The first-order valence-electron chi connectivity index (χ1n) is 3.44. The molecular formula is C8H10O2S.